The molecule has 0 spiro atoms. The minimum atomic E-state index is -0.269. The number of fused-ring (bicyclic) bond motifs is 1. The Morgan fingerprint density at radius 2 is 2.14 bits per heavy atom. The van der Waals surface area contributed by atoms with Gasteiger partial charge in [0, 0.05) is 11.2 Å². The second kappa shape index (κ2) is 5.73. The van der Waals surface area contributed by atoms with E-state index < -0.39 is 0 Å². The average molecular weight is 306 g/mol. The molecule has 5 heteroatoms. The molecule has 1 aliphatic heterocycles. The Morgan fingerprint density at radius 3 is 2.90 bits per heavy atom. The largest absolute Gasteiger partial charge is 0.351 e. The fraction of sp³-hybridized carbons (Fsp3) is 0.438. The number of thiophene rings is 1. The van der Waals surface area contributed by atoms with Gasteiger partial charge in [-0.25, -0.2) is 4.39 Å². The summed E-state index contributed by atoms with van der Waals surface area (Å²) in [6.45, 7) is 4.92. The van der Waals surface area contributed by atoms with Crippen molar-refractivity contribution in [3.8, 4) is 0 Å². The first kappa shape index (κ1) is 14.5. The van der Waals surface area contributed by atoms with Crippen LogP contribution in [-0.2, 0) is 0 Å². The van der Waals surface area contributed by atoms with Gasteiger partial charge in [-0.2, -0.15) is 0 Å². The zero-order valence-corrected chi connectivity index (χ0v) is 12.9. The standard InChI is InChI=1S/C16H19FN2OS/c1-16(4-6-18-7-5-16)10-19-15(20)14-9-11-8-12(17)2-3-13(11)21-14/h2-3,8-9,18H,4-7,10H2,1H3,(H,19,20). The number of hydrogen-bond acceptors (Lipinski definition) is 3. The SMILES string of the molecule is CC1(CNC(=O)c2cc3cc(F)ccc3s2)CCNCC1. The van der Waals surface area contributed by atoms with Gasteiger partial charge < -0.3 is 10.6 Å². The van der Waals surface area contributed by atoms with E-state index in [4.69, 9.17) is 0 Å². The summed E-state index contributed by atoms with van der Waals surface area (Å²) in [5, 5.41) is 7.16. The van der Waals surface area contributed by atoms with E-state index >= 15 is 0 Å². The van der Waals surface area contributed by atoms with E-state index in [1.165, 1.54) is 23.5 Å². The van der Waals surface area contributed by atoms with Gasteiger partial charge in [0.2, 0.25) is 0 Å². The molecule has 21 heavy (non-hydrogen) atoms. The van der Waals surface area contributed by atoms with Gasteiger partial charge in [-0.3, -0.25) is 4.79 Å². The molecule has 0 aliphatic carbocycles. The van der Waals surface area contributed by atoms with Gasteiger partial charge in [-0.15, -0.1) is 11.3 Å². The maximum Gasteiger partial charge on any atom is 0.261 e. The lowest BCUT2D eigenvalue weighted by Crippen LogP contribution is -2.42. The Labute approximate surface area is 127 Å². The van der Waals surface area contributed by atoms with Gasteiger partial charge >= 0.3 is 0 Å². The predicted molar refractivity (Wildman–Crippen MR) is 84.3 cm³/mol. The second-order valence-corrected chi connectivity index (χ2v) is 7.12. The molecule has 0 radical (unpaired) electrons. The average Bonchev–Trinajstić information content (AvgIpc) is 2.88. The molecule has 0 bridgehead atoms. The lowest BCUT2D eigenvalue weighted by Gasteiger charge is -2.34. The Balaban J connectivity index is 1.69. The molecular formula is C16H19FN2OS. The fourth-order valence-corrected chi connectivity index (χ4v) is 3.67. The molecule has 1 amide bonds. The van der Waals surface area contributed by atoms with Gasteiger partial charge in [0.15, 0.2) is 0 Å². The highest BCUT2D eigenvalue weighted by Crippen LogP contribution is 2.28. The summed E-state index contributed by atoms with van der Waals surface area (Å²) in [4.78, 5) is 12.9. The zero-order valence-electron chi connectivity index (χ0n) is 12.0. The number of hydrogen-bond donors (Lipinski definition) is 2. The van der Waals surface area contributed by atoms with Crippen LogP contribution in [0, 0.1) is 11.2 Å². The van der Waals surface area contributed by atoms with Crippen LogP contribution in [-0.4, -0.2) is 25.5 Å². The second-order valence-electron chi connectivity index (χ2n) is 6.04. The number of carbonyl (C=O) groups is 1. The lowest BCUT2D eigenvalue weighted by atomic mass is 9.81. The minimum absolute atomic E-state index is 0.0589. The molecule has 2 aromatic rings. The van der Waals surface area contributed by atoms with Gasteiger partial charge in [0.25, 0.3) is 5.91 Å². The van der Waals surface area contributed by atoms with Crippen LogP contribution in [0.1, 0.15) is 29.4 Å². The monoisotopic (exact) mass is 306 g/mol. The molecule has 1 fully saturated rings. The Bertz CT molecular complexity index is 661. The predicted octanol–water partition coefficient (Wildman–Crippen LogP) is 3.16. The third-order valence-corrected chi connectivity index (χ3v) is 5.30. The molecule has 2 heterocycles. The van der Waals surface area contributed by atoms with E-state index in [0.717, 1.165) is 36.0 Å². The van der Waals surface area contributed by atoms with Crippen LogP contribution in [0.2, 0.25) is 0 Å². The number of benzene rings is 1. The number of rotatable bonds is 3. The van der Waals surface area contributed by atoms with E-state index in [-0.39, 0.29) is 17.1 Å². The molecule has 3 nitrogen and oxygen atoms in total. The van der Waals surface area contributed by atoms with Crippen molar-refractivity contribution in [2.24, 2.45) is 5.41 Å². The van der Waals surface area contributed by atoms with Crippen molar-refractivity contribution in [1.82, 2.24) is 10.6 Å². The fourth-order valence-electron chi connectivity index (χ4n) is 2.71. The summed E-state index contributed by atoms with van der Waals surface area (Å²) in [5.41, 5.74) is 0.170. The third-order valence-electron chi connectivity index (χ3n) is 4.19. The number of amides is 1. The van der Waals surface area contributed by atoms with Gasteiger partial charge in [-0.1, -0.05) is 6.92 Å². The molecule has 112 valence electrons. The van der Waals surface area contributed by atoms with Crippen molar-refractivity contribution in [3.05, 3.63) is 35.0 Å². The molecule has 2 N–H and O–H groups in total. The first-order chi connectivity index (χ1) is 10.1. The van der Waals surface area contributed by atoms with Crippen molar-refractivity contribution in [3.63, 3.8) is 0 Å². The van der Waals surface area contributed by atoms with Crippen molar-refractivity contribution < 1.29 is 9.18 Å². The third kappa shape index (κ3) is 3.24. The van der Waals surface area contributed by atoms with Crippen LogP contribution in [0.25, 0.3) is 10.1 Å². The normalized spacial score (nSPS) is 17.8. The maximum atomic E-state index is 13.2. The zero-order chi connectivity index (χ0) is 14.9. The van der Waals surface area contributed by atoms with Crippen molar-refractivity contribution >= 4 is 27.3 Å². The van der Waals surface area contributed by atoms with E-state index in [9.17, 15) is 9.18 Å². The molecule has 1 aromatic heterocycles. The number of halogens is 1. The summed E-state index contributed by atoms with van der Waals surface area (Å²) in [5.74, 6) is -0.328. The topological polar surface area (TPSA) is 41.1 Å². The first-order valence-electron chi connectivity index (χ1n) is 7.24. The van der Waals surface area contributed by atoms with Crippen LogP contribution in [0.3, 0.4) is 0 Å². The number of piperidine rings is 1. The Morgan fingerprint density at radius 1 is 1.38 bits per heavy atom. The molecule has 0 saturated carbocycles. The highest BCUT2D eigenvalue weighted by molar-refractivity contribution is 7.20. The van der Waals surface area contributed by atoms with Gasteiger partial charge in [-0.05, 0) is 61.0 Å². The number of nitrogens with one attached hydrogen (secondary N) is 2. The molecule has 1 saturated heterocycles. The molecule has 0 unspecified atom stereocenters. The summed E-state index contributed by atoms with van der Waals surface area (Å²) < 4.78 is 14.1. The van der Waals surface area contributed by atoms with E-state index in [1.54, 1.807) is 12.1 Å². The van der Waals surface area contributed by atoms with Crippen LogP contribution >= 0.6 is 11.3 Å². The van der Waals surface area contributed by atoms with E-state index in [2.05, 4.69) is 17.6 Å². The highest BCUT2D eigenvalue weighted by Gasteiger charge is 2.27. The maximum absolute atomic E-state index is 13.2. The Kier molecular flexibility index (Phi) is 3.95. The smallest absolute Gasteiger partial charge is 0.261 e. The van der Waals surface area contributed by atoms with Crippen LogP contribution in [0.4, 0.5) is 4.39 Å². The summed E-state index contributed by atoms with van der Waals surface area (Å²) in [6, 6.07) is 6.39. The summed E-state index contributed by atoms with van der Waals surface area (Å²) >= 11 is 1.41. The molecule has 3 rings (SSSR count). The molecule has 1 aromatic carbocycles. The first-order valence-corrected chi connectivity index (χ1v) is 8.05. The molecule has 1 aliphatic rings. The summed E-state index contributed by atoms with van der Waals surface area (Å²) in [6.07, 6.45) is 2.15. The quantitative estimate of drug-likeness (QED) is 0.914. The minimum Gasteiger partial charge on any atom is -0.351 e. The van der Waals surface area contributed by atoms with Crippen LogP contribution in [0.15, 0.2) is 24.3 Å². The van der Waals surface area contributed by atoms with Crippen molar-refractivity contribution in [2.45, 2.75) is 19.8 Å². The lowest BCUT2D eigenvalue weighted by molar-refractivity contribution is 0.0926. The van der Waals surface area contributed by atoms with Crippen LogP contribution < -0.4 is 10.6 Å². The Hall–Kier alpha value is -1.46. The van der Waals surface area contributed by atoms with E-state index in [1.807, 2.05) is 0 Å². The number of carbonyl (C=O) groups excluding carboxylic acids is 1. The van der Waals surface area contributed by atoms with E-state index in [0.29, 0.717) is 11.4 Å². The summed E-state index contributed by atoms with van der Waals surface area (Å²) in [7, 11) is 0. The van der Waals surface area contributed by atoms with Crippen molar-refractivity contribution in [2.75, 3.05) is 19.6 Å². The molecule has 0 atom stereocenters. The molecular weight excluding hydrogens is 287 g/mol. The van der Waals surface area contributed by atoms with Crippen LogP contribution in [0.5, 0.6) is 0 Å². The van der Waals surface area contributed by atoms with Crippen molar-refractivity contribution in [1.29, 1.82) is 0 Å². The van der Waals surface area contributed by atoms with Gasteiger partial charge in [0.1, 0.15) is 5.82 Å². The van der Waals surface area contributed by atoms with Gasteiger partial charge in [0.05, 0.1) is 4.88 Å². The highest BCUT2D eigenvalue weighted by atomic mass is 32.1.